The Balaban J connectivity index is 0.000000347. The van der Waals surface area contributed by atoms with Gasteiger partial charge in [-0.05, 0) is 66.5 Å². The maximum absolute atomic E-state index is 11.7. The molecule has 0 unspecified atom stereocenters. The summed E-state index contributed by atoms with van der Waals surface area (Å²) in [5, 5.41) is 15.6. The smallest absolute Gasteiger partial charge is 0.162 e. The van der Waals surface area contributed by atoms with Gasteiger partial charge in [0.05, 0.1) is 17.1 Å². The van der Waals surface area contributed by atoms with Crippen LogP contribution in [0, 0.1) is 23.8 Å². The first kappa shape index (κ1) is 40.2. The van der Waals surface area contributed by atoms with Gasteiger partial charge in [-0.15, -0.1) is 40.5 Å². The predicted octanol–water partition coefficient (Wildman–Crippen LogP) is 11.7. The zero-order valence-electron chi connectivity index (χ0n) is 30.6. The minimum atomic E-state index is 0. The van der Waals surface area contributed by atoms with Gasteiger partial charge in [0.1, 0.15) is 6.33 Å². The van der Waals surface area contributed by atoms with E-state index < -0.39 is 0 Å². The van der Waals surface area contributed by atoms with Crippen molar-refractivity contribution < 1.29 is 30.0 Å². The second-order valence-corrected chi connectivity index (χ2v) is 15.0. The molecule has 5 aromatic rings. The van der Waals surface area contributed by atoms with E-state index in [1.807, 2.05) is 40.0 Å². The molecule has 0 saturated heterocycles. The molecule has 0 spiro atoms. The van der Waals surface area contributed by atoms with Crippen molar-refractivity contribution in [3.63, 3.8) is 0 Å². The molecule has 1 radical (unpaired) electrons. The number of carbonyl (C=O) groups excluding carboxylic acids is 1. The summed E-state index contributed by atoms with van der Waals surface area (Å²) in [4.78, 5) is 25.6. The maximum Gasteiger partial charge on any atom is 0.162 e. The average molecular weight is 855 g/mol. The summed E-state index contributed by atoms with van der Waals surface area (Å²) in [7, 11) is 0. The minimum Gasteiger partial charge on any atom is -0.512 e. The molecule has 3 heterocycles. The van der Waals surface area contributed by atoms with E-state index in [1.54, 1.807) is 17.7 Å². The molecule has 0 aliphatic carbocycles. The van der Waals surface area contributed by atoms with Crippen LogP contribution in [-0.4, -0.2) is 25.8 Å². The second-order valence-electron chi connectivity index (χ2n) is 14.1. The Bertz CT molecular complexity index is 1860. The molecular weight excluding hydrogens is 803 g/mol. The van der Waals surface area contributed by atoms with Gasteiger partial charge in [-0.2, -0.15) is 0 Å². The summed E-state index contributed by atoms with van der Waals surface area (Å²) in [5.74, 6) is 1.18. The van der Waals surface area contributed by atoms with Crippen LogP contribution in [0.3, 0.4) is 0 Å². The molecule has 0 saturated carbocycles. The number of rotatable bonds is 11. The molecule has 0 amide bonds. The fraction of sp³-hybridized carbons (Fsp3) is 0.429. The first-order valence-electron chi connectivity index (χ1n) is 17.5. The van der Waals surface area contributed by atoms with Crippen LogP contribution in [-0.2, 0) is 36.7 Å². The van der Waals surface area contributed by atoms with Gasteiger partial charge in [0.2, 0.25) is 0 Å². The number of aromatic nitrogens is 3. The minimum absolute atomic E-state index is 0. The van der Waals surface area contributed by atoms with Crippen LogP contribution in [0.25, 0.3) is 43.5 Å². The summed E-state index contributed by atoms with van der Waals surface area (Å²) in [6.45, 7) is 19.3. The van der Waals surface area contributed by atoms with E-state index in [9.17, 15) is 9.90 Å². The quantitative estimate of drug-likeness (QED) is 0.0814. The third-order valence-corrected chi connectivity index (χ3v) is 10.0. The van der Waals surface area contributed by atoms with Crippen LogP contribution in [0.15, 0.2) is 72.2 Å². The average Bonchev–Trinajstić information content (AvgIpc) is 3.46. The molecule has 0 atom stereocenters. The number of hydrogen-bond acceptors (Lipinski definition) is 6. The summed E-state index contributed by atoms with van der Waals surface area (Å²) < 4.78 is 1.25. The predicted molar refractivity (Wildman–Crippen MR) is 204 cm³/mol. The molecule has 3 aromatic heterocycles. The first-order valence-corrected chi connectivity index (χ1v) is 18.4. The molecular formula is C42H52IrN3O2S-. The summed E-state index contributed by atoms with van der Waals surface area (Å²) in [6, 6.07) is 18.4. The van der Waals surface area contributed by atoms with E-state index in [1.165, 1.54) is 32.7 Å². The zero-order valence-corrected chi connectivity index (χ0v) is 33.8. The normalized spacial score (nSPS) is 12.0. The van der Waals surface area contributed by atoms with Crippen LogP contribution >= 0.6 is 11.3 Å². The molecule has 2 aromatic carbocycles. The third kappa shape index (κ3) is 10.2. The SMILES string of the molecule is CC(C)Cc1csc2cc(-c3cc(-c4[c-]c5ccccc5c(C(C)(C)C)c4)ncn3)ncc12.CCC(CC)C(=O)/C=C(\O)C(CC)CC.[Ir]. The van der Waals surface area contributed by atoms with Crippen molar-refractivity contribution in [1.29, 1.82) is 0 Å². The van der Waals surface area contributed by atoms with Gasteiger partial charge >= 0.3 is 0 Å². The summed E-state index contributed by atoms with van der Waals surface area (Å²) in [6.07, 6.45) is 9.62. The number of aliphatic hydroxyl groups is 1. The first-order chi connectivity index (χ1) is 22.9. The number of hydrogen-bond donors (Lipinski definition) is 1. The van der Waals surface area contributed by atoms with Gasteiger partial charge in [0.25, 0.3) is 0 Å². The van der Waals surface area contributed by atoms with Crippen molar-refractivity contribution in [3.8, 4) is 22.6 Å². The molecule has 0 aliphatic rings. The van der Waals surface area contributed by atoms with Crippen molar-refractivity contribution in [2.75, 3.05) is 0 Å². The van der Waals surface area contributed by atoms with Crippen molar-refractivity contribution >= 4 is 38.0 Å². The second kappa shape index (κ2) is 18.1. The fourth-order valence-electron chi connectivity index (χ4n) is 6.12. The molecule has 7 heteroatoms. The number of thiophene rings is 1. The van der Waals surface area contributed by atoms with E-state index in [-0.39, 0.29) is 48.9 Å². The molecule has 1 N–H and O–H groups in total. The Morgan fingerprint density at radius 3 is 2.14 bits per heavy atom. The molecule has 5 nitrogen and oxygen atoms in total. The van der Waals surface area contributed by atoms with Crippen molar-refractivity contribution in [1.82, 2.24) is 15.0 Å². The van der Waals surface area contributed by atoms with Crippen LogP contribution in [0.5, 0.6) is 0 Å². The molecule has 49 heavy (non-hydrogen) atoms. The summed E-state index contributed by atoms with van der Waals surface area (Å²) >= 11 is 1.78. The zero-order chi connectivity index (χ0) is 35.0. The van der Waals surface area contributed by atoms with E-state index in [0.29, 0.717) is 5.92 Å². The van der Waals surface area contributed by atoms with Crippen molar-refractivity contribution in [2.24, 2.45) is 17.8 Å². The Labute approximate surface area is 311 Å². The Morgan fingerprint density at radius 2 is 1.51 bits per heavy atom. The number of carbonyl (C=O) groups is 1. The van der Waals surface area contributed by atoms with Crippen LogP contribution in [0.4, 0.5) is 0 Å². The monoisotopic (exact) mass is 855 g/mol. The molecule has 0 fully saturated rings. The van der Waals surface area contributed by atoms with Gasteiger partial charge in [-0.25, -0.2) is 4.98 Å². The number of allylic oxidation sites excluding steroid dienone is 2. The van der Waals surface area contributed by atoms with Crippen molar-refractivity contribution in [3.05, 3.63) is 89.4 Å². The molecule has 0 aliphatic heterocycles. The molecule has 0 bridgehead atoms. The van der Waals surface area contributed by atoms with Gasteiger partial charge in [-0.1, -0.05) is 91.5 Å². The number of pyridine rings is 1. The third-order valence-electron chi connectivity index (χ3n) is 9.04. The topological polar surface area (TPSA) is 76.0 Å². The van der Waals surface area contributed by atoms with Crippen LogP contribution in [0.2, 0.25) is 0 Å². The Morgan fingerprint density at radius 1 is 0.878 bits per heavy atom. The van der Waals surface area contributed by atoms with E-state index in [4.69, 9.17) is 4.98 Å². The maximum atomic E-state index is 11.7. The van der Waals surface area contributed by atoms with E-state index in [2.05, 4.69) is 92.4 Å². The number of nitrogens with zero attached hydrogens (tertiary/aromatic N) is 3. The Hall–Kier alpha value is -3.25. The standard InChI is InChI=1S/C29H28N3S.C13H24O2.Ir/c1-18(2)10-21-16-33-28-14-27(30-15-23(21)28)26-13-25(31-17-32-26)20-11-19-8-6-7-9-22(19)24(12-20)29(3,4)5;1-5-10(6-2)12(14)9-13(15)11(7-3)8-4;/h6-9,12-18H,10H2,1-5H3;9-11,14H,5-8H2,1-4H3;/q-1;;/b;12-9-;. The number of aliphatic hydroxyl groups excluding tert-OH is 1. The van der Waals surface area contributed by atoms with E-state index >= 15 is 0 Å². The molecule has 5 rings (SSSR count). The van der Waals surface area contributed by atoms with Gasteiger partial charge in [-0.3, -0.25) is 14.8 Å². The van der Waals surface area contributed by atoms with Gasteiger partial charge in [0.15, 0.2) is 5.78 Å². The van der Waals surface area contributed by atoms with E-state index in [0.717, 1.165) is 60.1 Å². The fourth-order valence-corrected chi connectivity index (χ4v) is 7.11. The molecule has 263 valence electrons. The van der Waals surface area contributed by atoms with Crippen LogP contribution < -0.4 is 0 Å². The summed E-state index contributed by atoms with van der Waals surface area (Å²) in [5.41, 5.74) is 6.25. The Kier molecular flexibility index (Phi) is 14.9. The van der Waals surface area contributed by atoms with Gasteiger partial charge < -0.3 is 5.11 Å². The van der Waals surface area contributed by atoms with Crippen LogP contribution in [0.1, 0.15) is 99.1 Å². The van der Waals surface area contributed by atoms with Crippen molar-refractivity contribution in [2.45, 2.75) is 99.8 Å². The number of ketones is 1. The van der Waals surface area contributed by atoms with Gasteiger partial charge in [0, 0.05) is 60.0 Å². The number of benzene rings is 2. The number of fused-ring (bicyclic) bond motifs is 2. The largest absolute Gasteiger partial charge is 0.512 e.